The van der Waals surface area contributed by atoms with E-state index in [1.54, 1.807) is 6.20 Å². The van der Waals surface area contributed by atoms with Gasteiger partial charge < -0.3 is 4.98 Å². The van der Waals surface area contributed by atoms with Crippen molar-refractivity contribution >= 4 is 11.3 Å². The molecule has 0 amide bonds. The summed E-state index contributed by atoms with van der Waals surface area (Å²) in [5.74, 6) is 0.791. The second kappa shape index (κ2) is 7.47. The van der Waals surface area contributed by atoms with Gasteiger partial charge in [-0.2, -0.15) is 0 Å². The van der Waals surface area contributed by atoms with Crippen molar-refractivity contribution in [3.8, 4) is 10.7 Å². The molecule has 0 aliphatic carbocycles. The normalized spacial score (nSPS) is 16.0. The Morgan fingerprint density at radius 1 is 1.23 bits per heavy atom. The van der Waals surface area contributed by atoms with Crippen molar-refractivity contribution in [2.45, 2.75) is 25.3 Å². The number of rotatable bonds is 4. The van der Waals surface area contributed by atoms with E-state index in [-0.39, 0.29) is 17.3 Å². The van der Waals surface area contributed by atoms with Gasteiger partial charge in [0.2, 0.25) is 0 Å². The summed E-state index contributed by atoms with van der Waals surface area (Å²) in [6, 6.07) is 8.17. The smallest absolute Gasteiger partial charge is 0.251 e. The third kappa shape index (κ3) is 3.89. The average Bonchev–Trinajstić information content (AvgIpc) is 3.19. The van der Waals surface area contributed by atoms with Crippen LogP contribution < -0.4 is 5.56 Å². The summed E-state index contributed by atoms with van der Waals surface area (Å²) in [5.41, 5.74) is 1.63. The number of H-pyrrole nitrogens is 1. The first-order chi connectivity index (χ1) is 12.7. The fourth-order valence-electron chi connectivity index (χ4n) is 3.34. The minimum absolute atomic E-state index is 0.131. The molecule has 2 aromatic heterocycles. The second-order valence-electron chi connectivity index (χ2n) is 6.53. The van der Waals surface area contributed by atoms with Crippen molar-refractivity contribution in [1.29, 1.82) is 0 Å². The first kappa shape index (κ1) is 17.1. The molecule has 1 aliphatic rings. The zero-order valence-corrected chi connectivity index (χ0v) is 15.0. The number of piperidine rings is 1. The Kier molecular flexibility index (Phi) is 4.90. The standard InChI is InChI=1S/C19H19FN4OS/c20-15-3-1-13(2-4-15)12-24-8-5-14(6-9-24)18-22-16(11-17(25)23-18)19-21-7-10-26-19/h1-4,7,10-11,14H,5-6,8-9,12H2,(H,22,23,25). The van der Waals surface area contributed by atoms with Crippen LogP contribution in [0.15, 0.2) is 46.7 Å². The Hall–Kier alpha value is -2.38. The summed E-state index contributed by atoms with van der Waals surface area (Å²) in [6.07, 6.45) is 3.59. The summed E-state index contributed by atoms with van der Waals surface area (Å²) in [5, 5.41) is 2.65. The number of hydrogen-bond acceptors (Lipinski definition) is 5. The maximum atomic E-state index is 13.0. The maximum absolute atomic E-state index is 13.0. The van der Waals surface area contributed by atoms with Gasteiger partial charge in [0.15, 0.2) is 0 Å². The van der Waals surface area contributed by atoms with Gasteiger partial charge in [-0.05, 0) is 43.6 Å². The predicted molar refractivity (Wildman–Crippen MR) is 99.6 cm³/mol. The van der Waals surface area contributed by atoms with Gasteiger partial charge in [0.05, 0.1) is 0 Å². The van der Waals surface area contributed by atoms with Crippen molar-refractivity contribution < 1.29 is 4.39 Å². The van der Waals surface area contributed by atoms with Gasteiger partial charge in [0, 0.05) is 30.1 Å². The Balaban J connectivity index is 1.43. The van der Waals surface area contributed by atoms with Crippen LogP contribution in [0.1, 0.15) is 30.1 Å². The average molecular weight is 370 g/mol. The number of aromatic amines is 1. The van der Waals surface area contributed by atoms with Gasteiger partial charge >= 0.3 is 0 Å². The lowest BCUT2D eigenvalue weighted by molar-refractivity contribution is 0.201. The molecular formula is C19H19FN4OS. The molecular weight excluding hydrogens is 351 g/mol. The van der Waals surface area contributed by atoms with Crippen molar-refractivity contribution in [1.82, 2.24) is 19.9 Å². The van der Waals surface area contributed by atoms with Crippen LogP contribution >= 0.6 is 11.3 Å². The van der Waals surface area contributed by atoms with Crippen LogP contribution in [0.4, 0.5) is 4.39 Å². The molecule has 0 radical (unpaired) electrons. The zero-order chi connectivity index (χ0) is 17.9. The highest BCUT2D eigenvalue weighted by Gasteiger charge is 2.23. The van der Waals surface area contributed by atoms with Crippen LogP contribution in [-0.2, 0) is 6.54 Å². The predicted octanol–water partition coefficient (Wildman–Crippen LogP) is 3.41. The number of hydrogen-bond donors (Lipinski definition) is 1. The van der Waals surface area contributed by atoms with Crippen molar-refractivity contribution in [3.05, 3.63) is 69.5 Å². The molecule has 4 rings (SSSR count). The molecule has 0 bridgehead atoms. The van der Waals surface area contributed by atoms with E-state index < -0.39 is 0 Å². The van der Waals surface area contributed by atoms with Crippen LogP contribution in [-0.4, -0.2) is 32.9 Å². The van der Waals surface area contributed by atoms with E-state index in [1.807, 2.05) is 17.5 Å². The SMILES string of the molecule is O=c1cc(-c2nccs2)nc(C2CCN(Cc3ccc(F)cc3)CC2)[nH]1. The quantitative estimate of drug-likeness (QED) is 0.764. The molecule has 7 heteroatoms. The van der Waals surface area contributed by atoms with Gasteiger partial charge in [0.25, 0.3) is 5.56 Å². The number of nitrogens with zero attached hydrogens (tertiary/aromatic N) is 3. The Morgan fingerprint density at radius 2 is 2.00 bits per heavy atom. The number of benzene rings is 1. The first-order valence-electron chi connectivity index (χ1n) is 8.65. The van der Waals surface area contributed by atoms with Crippen molar-refractivity contribution in [3.63, 3.8) is 0 Å². The van der Waals surface area contributed by atoms with Crippen LogP contribution in [0, 0.1) is 5.82 Å². The molecule has 1 fully saturated rings. The largest absolute Gasteiger partial charge is 0.310 e. The van der Waals surface area contributed by atoms with E-state index in [0.29, 0.717) is 5.69 Å². The van der Waals surface area contributed by atoms with E-state index in [9.17, 15) is 9.18 Å². The molecule has 26 heavy (non-hydrogen) atoms. The topological polar surface area (TPSA) is 61.9 Å². The maximum Gasteiger partial charge on any atom is 0.251 e. The highest BCUT2D eigenvalue weighted by atomic mass is 32.1. The molecule has 0 saturated carbocycles. The molecule has 0 atom stereocenters. The van der Waals surface area contributed by atoms with E-state index in [4.69, 9.17) is 0 Å². The molecule has 134 valence electrons. The van der Waals surface area contributed by atoms with Gasteiger partial charge in [-0.25, -0.2) is 14.4 Å². The molecule has 0 unspecified atom stereocenters. The van der Waals surface area contributed by atoms with Crippen LogP contribution in [0.25, 0.3) is 10.7 Å². The fourth-order valence-corrected chi connectivity index (χ4v) is 3.94. The Labute approximate surface area is 154 Å². The number of likely N-dealkylation sites (tertiary alicyclic amines) is 1. The van der Waals surface area contributed by atoms with Crippen LogP contribution in [0.5, 0.6) is 0 Å². The number of thiazole rings is 1. The number of halogens is 1. The summed E-state index contributed by atoms with van der Waals surface area (Å²) in [4.78, 5) is 26.2. The summed E-state index contributed by atoms with van der Waals surface area (Å²) in [7, 11) is 0. The van der Waals surface area contributed by atoms with Gasteiger partial charge in [-0.3, -0.25) is 9.69 Å². The lowest BCUT2D eigenvalue weighted by Gasteiger charge is -2.31. The Morgan fingerprint density at radius 3 is 2.69 bits per heavy atom. The van der Waals surface area contributed by atoms with Crippen molar-refractivity contribution in [2.75, 3.05) is 13.1 Å². The van der Waals surface area contributed by atoms with E-state index in [1.165, 1.54) is 29.5 Å². The van der Waals surface area contributed by atoms with Gasteiger partial charge in [-0.1, -0.05) is 12.1 Å². The highest BCUT2D eigenvalue weighted by Crippen LogP contribution is 2.27. The first-order valence-corrected chi connectivity index (χ1v) is 9.53. The molecule has 5 nitrogen and oxygen atoms in total. The lowest BCUT2D eigenvalue weighted by Crippen LogP contribution is -2.33. The minimum atomic E-state index is -0.206. The van der Waals surface area contributed by atoms with Crippen LogP contribution in [0.2, 0.25) is 0 Å². The van der Waals surface area contributed by atoms with E-state index in [2.05, 4.69) is 19.9 Å². The highest BCUT2D eigenvalue weighted by molar-refractivity contribution is 7.13. The number of aromatic nitrogens is 3. The molecule has 3 aromatic rings. The minimum Gasteiger partial charge on any atom is -0.310 e. The zero-order valence-electron chi connectivity index (χ0n) is 14.2. The Bertz CT molecular complexity index is 915. The molecule has 3 heterocycles. The van der Waals surface area contributed by atoms with E-state index in [0.717, 1.165) is 48.9 Å². The molecule has 1 aliphatic heterocycles. The lowest BCUT2D eigenvalue weighted by atomic mass is 9.95. The summed E-state index contributed by atoms with van der Waals surface area (Å²) < 4.78 is 13.0. The van der Waals surface area contributed by atoms with Crippen molar-refractivity contribution in [2.24, 2.45) is 0 Å². The van der Waals surface area contributed by atoms with Gasteiger partial charge in [-0.15, -0.1) is 11.3 Å². The molecule has 1 saturated heterocycles. The summed E-state index contributed by atoms with van der Waals surface area (Å²) in [6.45, 7) is 2.66. The molecule has 1 N–H and O–H groups in total. The summed E-state index contributed by atoms with van der Waals surface area (Å²) >= 11 is 1.48. The monoisotopic (exact) mass is 370 g/mol. The molecule has 1 aromatic carbocycles. The number of nitrogens with one attached hydrogen (secondary N) is 1. The second-order valence-corrected chi connectivity index (χ2v) is 7.42. The molecule has 0 spiro atoms. The fraction of sp³-hybridized carbons (Fsp3) is 0.316. The van der Waals surface area contributed by atoms with Crippen LogP contribution in [0.3, 0.4) is 0 Å². The third-order valence-corrected chi connectivity index (χ3v) is 5.50. The van der Waals surface area contributed by atoms with Gasteiger partial charge in [0.1, 0.15) is 22.3 Å². The third-order valence-electron chi connectivity index (χ3n) is 4.71. The van der Waals surface area contributed by atoms with E-state index >= 15 is 0 Å².